The highest BCUT2D eigenvalue weighted by Gasteiger charge is 2.28. The van der Waals surface area contributed by atoms with Crippen molar-refractivity contribution >= 4 is 11.7 Å². The van der Waals surface area contributed by atoms with Gasteiger partial charge in [-0.3, -0.25) is 9.59 Å². The third kappa shape index (κ3) is 2.52. The van der Waals surface area contributed by atoms with Crippen LogP contribution in [0, 0.1) is 0 Å². The van der Waals surface area contributed by atoms with Crippen LogP contribution in [0.1, 0.15) is 26.2 Å². The molecule has 0 aromatic heterocycles. The van der Waals surface area contributed by atoms with Crippen LogP contribution >= 0.6 is 0 Å². The summed E-state index contributed by atoms with van der Waals surface area (Å²) in [4.78, 5) is 23.7. The Labute approximate surface area is 77.5 Å². The molecule has 0 aliphatic carbocycles. The smallest absolute Gasteiger partial charge is 0.230 e. The van der Waals surface area contributed by atoms with Crippen LogP contribution in [0.2, 0.25) is 0 Å². The van der Waals surface area contributed by atoms with Gasteiger partial charge in [0, 0.05) is 6.54 Å². The zero-order valence-corrected chi connectivity index (χ0v) is 7.82. The van der Waals surface area contributed by atoms with Gasteiger partial charge in [-0.25, -0.2) is 0 Å². The van der Waals surface area contributed by atoms with E-state index in [2.05, 4.69) is 0 Å². The lowest BCUT2D eigenvalue weighted by Gasteiger charge is -2.22. The van der Waals surface area contributed by atoms with Gasteiger partial charge in [0.2, 0.25) is 5.91 Å². The van der Waals surface area contributed by atoms with Crippen molar-refractivity contribution in [3.8, 4) is 0 Å². The van der Waals surface area contributed by atoms with Gasteiger partial charge in [-0.05, 0) is 19.8 Å². The number of hydrogen-bond donors (Lipinski definition) is 1. The Morgan fingerprint density at radius 1 is 1.54 bits per heavy atom. The predicted octanol–water partition coefficient (Wildman–Crippen LogP) is -0.0512. The molecule has 1 amide bonds. The number of Topliss-reactive ketones (excluding diaryl/α,β-unsaturated/α-hetero) is 1. The van der Waals surface area contributed by atoms with Crippen molar-refractivity contribution in [3.63, 3.8) is 0 Å². The largest absolute Gasteiger partial charge is 0.394 e. The molecule has 74 valence electrons. The van der Waals surface area contributed by atoms with E-state index in [0.717, 1.165) is 12.8 Å². The van der Waals surface area contributed by atoms with E-state index in [0.29, 0.717) is 6.54 Å². The van der Waals surface area contributed by atoms with Gasteiger partial charge in [0.05, 0.1) is 19.1 Å². The van der Waals surface area contributed by atoms with E-state index in [-0.39, 0.29) is 30.8 Å². The molecule has 1 fully saturated rings. The second-order valence-electron chi connectivity index (χ2n) is 3.44. The molecule has 0 bridgehead atoms. The van der Waals surface area contributed by atoms with Crippen LogP contribution < -0.4 is 0 Å². The minimum Gasteiger partial charge on any atom is -0.394 e. The van der Waals surface area contributed by atoms with Gasteiger partial charge in [-0.2, -0.15) is 0 Å². The lowest BCUT2D eigenvalue weighted by atomic mass is 10.2. The first kappa shape index (κ1) is 10.2. The highest BCUT2D eigenvalue weighted by molar-refractivity contribution is 5.97. The molecule has 0 aromatic rings. The lowest BCUT2D eigenvalue weighted by molar-refractivity contribution is -0.136. The summed E-state index contributed by atoms with van der Waals surface area (Å²) in [7, 11) is 0. The van der Waals surface area contributed by atoms with Gasteiger partial charge in [0.25, 0.3) is 0 Å². The molecule has 1 aliphatic heterocycles. The molecular formula is C9H15NO3. The third-order valence-electron chi connectivity index (χ3n) is 2.31. The number of rotatable bonds is 3. The van der Waals surface area contributed by atoms with Gasteiger partial charge in [0.15, 0.2) is 0 Å². The van der Waals surface area contributed by atoms with E-state index >= 15 is 0 Å². The van der Waals surface area contributed by atoms with Gasteiger partial charge in [0.1, 0.15) is 5.78 Å². The zero-order valence-electron chi connectivity index (χ0n) is 7.82. The maximum Gasteiger partial charge on any atom is 0.230 e. The Balaban J connectivity index is 2.50. The maximum absolute atomic E-state index is 11.4. The van der Waals surface area contributed by atoms with Crippen molar-refractivity contribution < 1.29 is 14.7 Å². The number of amides is 1. The second kappa shape index (κ2) is 4.37. The summed E-state index contributed by atoms with van der Waals surface area (Å²) in [5, 5.41) is 8.94. The Morgan fingerprint density at radius 2 is 2.23 bits per heavy atom. The molecule has 1 rings (SSSR count). The van der Waals surface area contributed by atoms with E-state index in [9.17, 15) is 9.59 Å². The number of carbonyl (C=O) groups excluding carboxylic acids is 2. The summed E-state index contributed by atoms with van der Waals surface area (Å²) in [5.74, 6) is -0.266. The highest BCUT2D eigenvalue weighted by Crippen LogP contribution is 2.17. The lowest BCUT2D eigenvalue weighted by Crippen LogP contribution is -2.38. The SMILES string of the molecule is CC(=O)CC(=O)N1CCCC1CO. The molecule has 1 unspecified atom stereocenters. The Hall–Kier alpha value is -0.900. The number of aliphatic hydroxyl groups excluding tert-OH is 1. The molecule has 0 spiro atoms. The van der Waals surface area contributed by atoms with Crippen LogP contribution in [0.15, 0.2) is 0 Å². The third-order valence-corrected chi connectivity index (χ3v) is 2.31. The van der Waals surface area contributed by atoms with Crippen LogP contribution in [-0.2, 0) is 9.59 Å². The van der Waals surface area contributed by atoms with Gasteiger partial charge in [-0.15, -0.1) is 0 Å². The predicted molar refractivity (Wildman–Crippen MR) is 47.1 cm³/mol. The first-order chi connectivity index (χ1) is 6.15. The van der Waals surface area contributed by atoms with Crippen LogP contribution in [0.4, 0.5) is 0 Å². The molecule has 0 radical (unpaired) electrons. The number of aliphatic hydroxyl groups is 1. The summed E-state index contributed by atoms with van der Waals surface area (Å²) < 4.78 is 0. The van der Waals surface area contributed by atoms with Gasteiger partial charge in [-0.1, -0.05) is 0 Å². The number of nitrogens with zero attached hydrogens (tertiary/aromatic N) is 1. The summed E-state index contributed by atoms with van der Waals surface area (Å²) in [6.07, 6.45) is 1.74. The summed E-state index contributed by atoms with van der Waals surface area (Å²) in [6.45, 7) is 2.09. The fourth-order valence-electron chi connectivity index (χ4n) is 1.67. The van der Waals surface area contributed by atoms with E-state index in [4.69, 9.17) is 5.11 Å². The molecule has 1 aliphatic rings. The Morgan fingerprint density at radius 3 is 2.77 bits per heavy atom. The van der Waals surface area contributed by atoms with Crippen molar-refractivity contribution in [1.29, 1.82) is 0 Å². The fourth-order valence-corrected chi connectivity index (χ4v) is 1.67. The monoisotopic (exact) mass is 185 g/mol. The fraction of sp³-hybridized carbons (Fsp3) is 0.778. The quantitative estimate of drug-likeness (QED) is 0.627. The molecular weight excluding hydrogens is 170 g/mol. The standard InChI is InChI=1S/C9H15NO3/c1-7(12)5-9(13)10-4-2-3-8(10)6-11/h8,11H,2-6H2,1H3. The molecule has 1 heterocycles. The van der Waals surface area contributed by atoms with Crippen molar-refractivity contribution in [2.75, 3.05) is 13.2 Å². The molecule has 4 heteroatoms. The minimum absolute atomic E-state index is 0.00362. The molecule has 1 saturated heterocycles. The van der Waals surface area contributed by atoms with Crippen molar-refractivity contribution in [2.24, 2.45) is 0 Å². The van der Waals surface area contributed by atoms with Gasteiger partial charge < -0.3 is 10.0 Å². The summed E-state index contributed by atoms with van der Waals surface area (Å²) in [5.41, 5.74) is 0. The van der Waals surface area contributed by atoms with Crippen molar-refractivity contribution in [2.45, 2.75) is 32.2 Å². The van der Waals surface area contributed by atoms with E-state index in [1.807, 2.05) is 0 Å². The molecule has 1 atom stereocenters. The van der Waals surface area contributed by atoms with Crippen LogP contribution in [0.5, 0.6) is 0 Å². The molecule has 4 nitrogen and oxygen atoms in total. The van der Waals surface area contributed by atoms with Gasteiger partial charge >= 0.3 is 0 Å². The van der Waals surface area contributed by atoms with Crippen LogP contribution in [0.3, 0.4) is 0 Å². The van der Waals surface area contributed by atoms with E-state index in [1.165, 1.54) is 6.92 Å². The Kier molecular flexibility index (Phi) is 3.42. The first-order valence-corrected chi connectivity index (χ1v) is 4.55. The first-order valence-electron chi connectivity index (χ1n) is 4.55. The van der Waals surface area contributed by atoms with Crippen molar-refractivity contribution in [1.82, 2.24) is 4.90 Å². The molecule has 0 saturated carbocycles. The summed E-state index contributed by atoms with van der Waals surface area (Å²) >= 11 is 0. The number of hydrogen-bond acceptors (Lipinski definition) is 3. The van der Waals surface area contributed by atoms with Crippen LogP contribution in [0.25, 0.3) is 0 Å². The minimum atomic E-state index is -0.149. The second-order valence-corrected chi connectivity index (χ2v) is 3.44. The van der Waals surface area contributed by atoms with Crippen molar-refractivity contribution in [3.05, 3.63) is 0 Å². The molecule has 0 aromatic carbocycles. The number of carbonyl (C=O) groups is 2. The van der Waals surface area contributed by atoms with E-state index < -0.39 is 0 Å². The van der Waals surface area contributed by atoms with E-state index in [1.54, 1.807) is 4.90 Å². The molecule has 1 N–H and O–H groups in total. The normalized spacial score (nSPS) is 22.0. The van der Waals surface area contributed by atoms with Crippen LogP contribution in [-0.4, -0.2) is 40.9 Å². The highest BCUT2D eigenvalue weighted by atomic mass is 16.3. The average molecular weight is 185 g/mol. The Bertz CT molecular complexity index is 215. The number of ketones is 1. The maximum atomic E-state index is 11.4. The summed E-state index contributed by atoms with van der Waals surface area (Å²) in [6, 6.07) is -0.0631. The zero-order chi connectivity index (χ0) is 9.84. The topological polar surface area (TPSA) is 57.6 Å². The average Bonchev–Trinajstić information content (AvgIpc) is 2.49. The number of likely N-dealkylation sites (tertiary alicyclic amines) is 1. The molecule has 13 heavy (non-hydrogen) atoms.